The van der Waals surface area contributed by atoms with Gasteiger partial charge in [0.05, 0.1) is 14.2 Å². The van der Waals surface area contributed by atoms with Gasteiger partial charge in [0.15, 0.2) is 0 Å². The molecule has 1 fully saturated rings. The van der Waals surface area contributed by atoms with E-state index < -0.39 is 0 Å². The van der Waals surface area contributed by atoms with Gasteiger partial charge >= 0.3 is 0 Å². The number of rotatable bonds is 8. The molecule has 2 aromatic carbocycles. The molecule has 0 N–H and O–H groups in total. The van der Waals surface area contributed by atoms with Crippen molar-refractivity contribution in [2.75, 3.05) is 39.3 Å². The number of carbonyl (C=O) groups excluding carboxylic acids is 1. The predicted octanol–water partition coefficient (Wildman–Crippen LogP) is 4.29. The zero-order valence-electron chi connectivity index (χ0n) is 17.8. The Balaban J connectivity index is 1.61. The summed E-state index contributed by atoms with van der Waals surface area (Å²) in [5.74, 6) is 1.63. The van der Waals surface area contributed by atoms with Crippen LogP contribution in [0.4, 0.5) is 5.69 Å². The lowest BCUT2D eigenvalue weighted by Gasteiger charge is -2.31. The van der Waals surface area contributed by atoms with Crippen LogP contribution in [-0.4, -0.2) is 45.2 Å². The summed E-state index contributed by atoms with van der Waals surface area (Å²) in [5.41, 5.74) is 3.52. The van der Waals surface area contributed by atoms with Crippen LogP contribution in [0.25, 0.3) is 0 Å². The molecule has 5 nitrogen and oxygen atoms in total. The van der Waals surface area contributed by atoms with Crippen molar-refractivity contribution in [1.82, 2.24) is 4.90 Å². The first-order valence-corrected chi connectivity index (χ1v) is 10.4. The highest BCUT2D eigenvalue weighted by molar-refractivity contribution is 5.76. The van der Waals surface area contributed by atoms with E-state index in [1.165, 1.54) is 30.5 Å². The minimum Gasteiger partial charge on any atom is -0.497 e. The fourth-order valence-corrected chi connectivity index (χ4v) is 3.88. The average molecular weight is 397 g/mol. The summed E-state index contributed by atoms with van der Waals surface area (Å²) in [4.78, 5) is 17.1. The molecule has 5 heteroatoms. The highest BCUT2D eigenvalue weighted by atomic mass is 16.5. The fourth-order valence-electron chi connectivity index (χ4n) is 3.88. The van der Waals surface area contributed by atoms with E-state index >= 15 is 0 Å². The maximum atomic E-state index is 12.8. The van der Waals surface area contributed by atoms with Crippen molar-refractivity contribution in [3.05, 3.63) is 53.6 Å². The van der Waals surface area contributed by atoms with E-state index in [0.717, 1.165) is 30.2 Å². The summed E-state index contributed by atoms with van der Waals surface area (Å²) in [6.45, 7) is 2.84. The van der Waals surface area contributed by atoms with Crippen molar-refractivity contribution in [2.45, 2.75) is 38.6 Å². The molecular formula is C24H32N2O3. The minimum atomic E-state index is 0.139. The van der Waals surface area contributed by atoms with Crippen LogP contribution in [0.1, 0.15) is 36.8 Å². The first kappa shape index (κ1) is 21.0. The van der Waals surface area contributed by atoms with Crippen molar-refractivity contribution in [2.24, 2.45) is 0 Å². The molecule has 3 rings (SSSR count). The molecule has 0 saturated carbocycles. The normalized spacial score (nSPS) is 13.8. The lowest BCUT2D eigenvalue weighted by Crippen LogP contribution is -2.32. The number of hydrogen-bond acceptors (Lipinski definition) is 4. The van der Waals surface area contributed by atoms with Gasteiger partial charge in [-0.1, -0.05) is 18.2 Å². The molecule has 0 aliphatic carbocycles. The van der Waals surface area contributed by atoms with Gasteiger partial charge in [0.1, 0.15) is 11.5 Å². The van der Waals surface area contributed by atoms with Crippen LogP contribution in [0.2, 0.25) is 0 Å². The zero-order chi connectivity index (χ0) is 20.6. The molecule has 1 aliphatic rings. The van der Waals surface area contributed by atoms with E-state index in [9.17, 15) is 4.79 Å². The third-order valence-electron chi connectivity index (χ3n) is 5.56. The number of aryl methyl sites for hydroxylation is 1. The lowest BCUT2D eigenvalue weighted by atomic mass is 10.1. The SMILES string of the molecule is COc1cc(CCC(=O)N(C)Cc2ccccc2N2CCCCC2)cc(OC)c1. The van der Waals surface area contributed by atoms with Crippen molar-refractivity contribution in [1.29, 1.82) is 0 Å². The van der Waals surface area contributed by atoms with E-state index in [1.807, 2.05) is 30.1 Å². The third-order valence-corrected chi connectivity index (χ3v) is 5.56. The number of amides is 1. The lowest BCUT2D eigenvalue weighted by molar-refractivity contribution is -0.130. The maximum absolute atomic E-state index is 12.8. The van der Waals surface area contributed by atoms with Crippen LogP contribution >= 0.6 is 0 Å². The van der Waals surface area contributed by atoms with Crippen LogP contribution in [0.15, 0.2) is 42.5 Å². The Morgan fingerprint density at radius 1 is 1.00 bits per heavy atom. The van der Waals surface area contributed by atoms with Crippen LogP contribution in [0.5, 0.6) is 11.5 Å². The van der Waals surface area contributed by atoms with E-state index in [2.05, 4.69) is 29.2 Å². The van der Waals surface area contributed by atoms with Gasteiger partial charge in [-0.25, -0.2) is 0 Å². The van der Waals surface area contributed by atoms with E-state index in [4.69, 9.17) is 9.47 Å². The summed E-state index contributed by atoms with van der Waals surface area (Å²) < 4.78 is 10.6. The van der Waals surface area contributed by atoms with Gasteiger partial charge < -0.3 is 19.3 Å². The van der Waals surface area contributed by atoms with Crippen molar-refractivity contribution in [3.8, 4) is 11.5 Å². The summed E-state index contributed by atoms with van der Waals surface area (Å²) in [5, 5.41) is 0. The molecule has 0 aromatic heterocycles. The fraction of sp³-hybridized carbons (Fsp3) is 0.458. The second kappa shape index (κ2) is 10.2. The molecule has 0 unspecified atom stereocenters. The Bertz CT molecular complexity index is 793. The first-order valence-electron chi connectivity index (χ1n) is 10.4. The number of benzene rings is 2. The molecule has 0 atom stereocenters. The van der Waals surface area contributed by atoms with Crippen LogP contribution in [-0.2, 0) is 17.8 Å². The number of piperidine rings is 1. The largest absolute Gasteiger partial charge is 0.497 e. The van der Waals surface area contributed by atoms with Crippen molar-refractivity contribution < 1.29 is 14.3 Å². The molecule has 2 aromatic rings. The number of anilines is 1. The number of nitrogens with zero attached hydrogens (tertiary/aromatic N) is 2. The predicted molar refractivity (Wildman–Crippen MR) is 117 cm³/mol. The summed E-state index contributed by atoms with van der Waals surface area (Å²) in [6, 6.07) is 14.2. The molecule has 1 saturated heterocycles. The molecule has 0 radical (unpaired) electrons. The second-order valence-electron chi connectivity index (χ2n) is 7.65. The first-order chi connectivity index (χ1) is 14.1. The summed E-state index contributed by atoms with van der Waals surface area (Å²) in [6.07, 6.45) is 4.91. The minimum absolute atomic E-state index is 0.139. The van der Waals surface area contributed by atoms with Gasteiger partial charge in [-0.15, -0.1) is 0 Å². The van der Waals surface area contributed by atoms with E-state index in [1.54, 1.807) is 14.2 Å². The number of carbonyl (C=O) groups is 1. The van der Waals surface area contributed by atoms with Crippen LogP contribution in [0.3, 0.4) is 0 Å². The van der Waals surface area contributed by atoms with Crippen molar-refractivity contribution >= 4 is 11.6 Å². The highest BCUT2D eigenvalue weighted by Crippen LogP contribution is 2.26. The molecular weight excluding hydrogens is 364 g/mol. The van der Waals surface area contributed by atoms with Gasteiger partial charge in [-0.3, -0.25) is 4.79 Å². The third kappa shape index (κ3) is 5.66. The van der Waals surface area contributed by atoms with E-state index in [0.29, 0.717) is 19.4 Å². The van der Waals surface area contributed by atoms with Gasteiger partial charge in [0, 0.05) is 44.9 Å². The van der Waals surface area contributed by atoms with Gasteiger partial charge in [0.25, 0.3) is 0 Å². The maximum Gasteiger partial charge on any atom is 0.222 e. The zero-order valence-corrected chi connectivity index (χ0v) is 17.8. The standard InChI is InChI=1S/C24H32N2O3/c1-25(18-20-9-5-6-10-23(20)26-13-7-4-8-14-26)24(27)12-11-19-15-21(28-2)17-22(16-19)29-3/h5-6,9-10,15-17H,4,7-8,11-14,18H2,1-3H3. The number of hydrogen-bond donors (Lipinski definition) is 0. The Morgan fingerprint density at radius 3 is 2.31 bits per heavy atom. The Morgan fingerprint density at radius 2 is 1.66 bits per heavy atom. The van der Waals surface area contributed by atoms with Gasteiger partial charge in [-0.05, 0) is 55.0 Å². The molecule has 156 valence electrons. The molecule has 1 aliphatic heterocycles. The van der Waals surface area contributed by atoms with Crippen LogP contribution in [0, 0.1) is 0 Å². The Labute approximate surface area is 174 Å². The monoisotopic (exact) mass is 396 g/mol. The number of ether oxygens (including phenoxy) is 2. The molecule has 1 heterocycles. The molecule has 29 heavy (non-hydrogen) atoms. The Hall–Kier alpha value is -2.69. The van der Waals surface area contributed by atoms with Crippen LogP contribution < -0.4 is 14.4 Å². The Kier molecular flexibility index (Phi) is 7.39. The average Bonchev–Trinajstić information content (AvgIpc) is 2.78. The quantitative estimate of drug-likeness (QED) is 0.668. The smallest absolute Gasteiger partial charge is 0.222 e. The molecule has 0 spiro atoms. The number of para-hydroxylation sites is 1. The van der Waals surface area contributed by atoms with E-state index in [-0.39, 0.29) is 5.91 Å². The highest BCUT2D eigenvalue weighted by Gasteiger charge is 2.17. The molecule has 1 amide bonds. The second-order valence-corrected chi connectivity index (χ2v) is 7.65. The molecule has 0 bridgehead atoms. The van der Waals surface area contributed by atoms with Crippen molar-refractivity contribution in [3.63, 3.8) is 0 Å². The summed E-state index contributed by atoms with van der Waals surface area (Å²) in [7, 11) is 5.16. The van der Waals surface area contributed by atoms with Gasteiger partial charge in [0.2, 0.25) is 5.91 Å². The number of methoxy groups -OCH3 is 2. The van der Waals surface area contributed by atoms with Gasteiger partial charge in [-0.2, -0.15) is 0 Å². The summed E-state index contributed by atoms with van der Waals surface area (Å²) >= 11 is 0. The topological polar surface area (TPSA) is 42.0 Å².